The lowest BCUT2D eigenvalue weighted by atomic mass is 9.88. The first-order valence-corrected chi connectivity index (χ1v) is 8.55. The Bertz CT molecular complexity index is 670. The molecule has 27 heavy (non-hydrogen) atoms. The molecular formula is C19H27FN2O5. The van der Waals surface area contributed by atoms with Gasteiger partial charge in [0.25, 0.3) is 0 Å². The normalized spacial score (nSPS) is 14.6. The van der Waals surface area contributed by atoms with Crippen LogP contribution in [0.2, 0.25) is 0 Å². The number of carbonyl (C=O) groups is 3. The van der Waals surface area contributed by atoms with Crippen LogP contribution in [0.5, 0.6) is 0 Å². The molecule has 1 rings (SSSR count). The van der Waals surface area contributed by atoms with Crippen molar-refractivity contribution in [2.24, 2.45) is 11.7 Å². The lowest BCUT2D eigenvalue weighted by molar-refractivity contribution is -0.150. The van der Waals surface area contributed by atoms with Crippen LogP contribution in [0.25, 0.3) is 0 Å². The van der Waals surface area contributed by atoms with Gasteiger partial charge in [0.2, 0.25) is 0 Å². The van der Waals surface area contributed by atoms with Crippen LogP contribution in [0.4, 0.5) is 9.18 Å². The first-order chi connectivity index (χ1) is 12.4. The third kappa shape index (κ3) is 7.34. The zero-order chi connectivity index (χ0) is 20.8. The maximum absolute atomic E-state index is 13.0. The van der Waals surface area contributed by atoms with Crippen molar-refractivity contribution >= 4 is 17.8 Å². The number of hydrogen-bond donors (Lipinski definition) is 2. The third-order valence-corrected chi connectivity index (χ3v) is 3.73. The second-order valence-corrected chi connectivity index (χ2v) is 7.27. The predicted octanol–water partition coefficient (Wildman–Crippen LogP) is 1.97. The molecule has 1 unspecified atom stereocenters. The number of carbonyl (C=O) groups excluding carboxylic acids is 3. The molecular weight excluding hydrogens is 355 g/mol. The van der Waals surface area contributed by atoms with Crippen LogP contribution in [0.15, 0.2) is 24.3 Å². The van der Waals surface area contributed by atoms with Crippen LogP contribution in [0.1, 0.15) is 33.3 Å². The Hall–Kier alpha value is -2.48. The quantitative estimate of drug-likeness (QED) is 0.551. The van der Waals surface area contributed by atoms with E-state index in [1.54, 1.807) is 20.8 Å². The van der Waals surface area contributed by atoms with E-state index in [1.165, 1.54) is 31.2 Å². The van der Waals surface area contributed by atoms with Gasteiger partial charge >= 0.3 is 12.1 Å². The summed E-state index contributed by atoms with van der Waals surface area (Å²) < 4.78 is 22.8. The monoisotopic (exact) mass is 382 g/mol. The van der Waals surface area contributed by atoms with Gasteiger partial charge in [0.15, 0.2) is 5.78 Å². The Morgan fingerprint density at radius 3 is 2.22 bits per heavy atom. The minimum Gasteiger partial charge on any atom is -0.468 e. The Morgan fingerprint density at radius 2 is 1.74 bits per heavy atom. The highest BCUT2D eigenvalue weighted by Crippen LogP contribution is 2.15. The van der Waals surface area contributed by atoms with Gasteiger partial charge < -0.3 is 20.5 Å². The van der Waals surface area contributed by atoms with Crippen LogP contribution >= 0.6 is 0 Å². The average molecular weight is 382 g/mol. The Balaban J connectivity index is 2.87. The Labute approximate surface area is 158 Å². The molecule has 1 aromatic rings. The Kier molecular flexibility index (Phi) is 7.90. The summed E-state index contributed by atoms with van der Waals surface area (Å²) in [6, 6.07) is 3.67. The second-order valence-electron chi connectivity index (χ2n) is 7.27. The summed E-state index contributed by atoms with van der Waals surface area (Å²) >= 11 is 0. The van der Waals surface area contributed by atoms with Gasteiger partial charge in [-0.3, -0.25) is 9.59 Å². The van der Waals surface area contributed by atoms with Crippen molar-refractivity contribution in [2.75, 3.05) is 7.11 Å². The summed E-state index contributed by atoms with van der Waals surface area (Å²) in [5, 5.41) is 2.40. The molecule has 0 saturated carbocycles. The van der Waals surface area contributed by atoms with Crippen molar-refractivity contribution in [3.05, 3.63) is 35.6 Å². The Morgan fingerprint density at radius 1 is 1.19 bits per heavy atom. The van der Waals surface area contributed by atoms with Crippen molar-refractivity contribution in [2.45, 2.75) is 51.8 Å². The average Bonchev–Trinajstić information content (AvgIpc) is 2.54. The van der Waals surface area contributed by atoms with E-state index in [4.69, 9.17) is 15.2 Å². The molecule has 8 heteroatoms. The van der Waals surface area contributed by atoms with Gasteiger partial charge in [-0.25, -0.2) is 9.18 Å². The van der Waals surface area contributed by atoms with Crippen molar-refractivity contribution in [3.8, 4) is 0 Å². The second kappa shape index (κ2) is 9.45. The highest BCUT2D eigenvalue weighted by molar-refractivity contribution is 6.03. The van der Waals surface area contributed by atoms with Crippen LogP contribution < -0.4 is 11.1 Å². The number of esters is 1. The third-order valence-electron chi connectivity index (χ3n) is 3.73. The van der Waals surface area contributed by atoms with Gasteiger partial charge in [0.1, 0.15) is 17.3 Å². The number of alkyl carbamates (subject to hydrolysis) is 1. The molecule has 0 bridgehead atoms. The van der Waals surface area contributed by atoms with E-state index in [2.05, 4.69) is 5.32 Å². The van der Waals surface area contributed by atoms with E-state index < -0.39 is 47.3 Å². The van der Waals surface area contributed by atoms with Gasteiger partial charge in [-0.15, -0.1) is 0 Å². The summed E-state index contributed by atoms with van der Waals surface area (Å²) in [4.78, 5) is 36.7. The summed E-state index contributed by atoms with van der Waals surface area (Å²) in [7, 11) is 1.15. The van der Waals surface area contributed by atoms with Gasteiger partial charge in [0.05, 0.1) is 13.2 Å². The van der Waals surface area contributed by atoms with Crippen LogP contribution in [0.3, 0.4) is 0 Å². The van der Waals surface area contributed by atoms with E-state index in [-0.39, 0.29) is 6.42 Å². The zero-order valence-corrected chi connectivity index (χ0v) is 16.2. The number of benzene rings is 1. The smallest absolute Gasteiger partial charge is 0.408 e. The fourth-order valence-electron chi connectivity index (χ4n) is 2.46. The number of amides is 1. The first-order valence-electron chi connectivity index (χ1n) is 8.55. The van der Waals surface area contributed by atoms with E-state index in [1.807, 2.05) is 0 Å². The molecule has 0 aliphatic carbocycles. The van der Waals surface area contributed by atoms with E-state index in [0.717, 1.165) is 7.11 Å². The number of ether oxygens (including phenoxy) is 2. The fourth-order valence-corrected chi connectivity index (χ4v) is 2.46. The molecule has 3 N–H and O–H groups in total. The molecule has 0 aliphatic heterocycles. The van der Waals surface area contributed by atoms with Crippen molar-refractivity contribution < 1.29 is 28.2 Å². The van der Waals surface area contributed by atoms with Gasteiger partial charge in [0, 0.05) is 6.04 Å². The molecule has 0 heterocycles. The number of hydrogen-bond acceptors (Lipinski definition) is 6. The molecule has 7 nitrogen and oxygen atoms in total. The lowest BCUT2D eigenvalue weighted by Crippen LogP contribution is -2.51. The number of Topliss-reactive ketones (excluding diaryl/α,β-unsaturated/α-hetero) is 1. The first kappa shape index (κ1) is 22.6. The van der Waals surface area contributed by atoms with Crippen molar-refractivity contribution in [3.63, 3.8) is 0 Å². The molecule has 0 aromatic heterocycles. The molecule has 0 saturated heterocycles. The fraction of sp³-hybridized carbons (Fsp3) is 0.526. The minimum atomic E-state index is -1.29. The highest BCUT2D eigenvalue weighted by atomic mass is 19.1. The van der Waals surface area contributed by atoms with Gasteiger partial charge in [-0.2, -0.15) is 0 Å². The maximum atomic E-state index is 13.0. The molecule has 3 atom stereocenters. The topological polar surface area (TPSA) is 108 Å². The number of nitrogens with one attached hydrogen (secondary N) is 1. The minimum absolute atomic E-state index is 0.158. The molecule has 1 aromatic carbocycles. The molecule has 0 radical (unpaired) electrons. The zero-order valence-electron chi connectivity index (χ0n) is 16.2. The molecule has 0 fully saturated rings. The maximum Gasteiger partial charge on any atom is 0.408 e. The van der Waals surface area contributed by atoms with Crippen LogP contribution in [-0.4, -0.2) is 42.6 Å². The number of methoxy groups -OCH3 is 1. The van der Waals surface area contributed by atoms with Crippen LogP contribution in [0, 0.1) is 11.7 Å². The lowest BCUT2D eigenvalue weighted by Gasteiger charge is -2.25. The van der Waals surface area contributed by atoms with Crippen LogP contribution in [-0.2, 0) is 25.5 Å². The number of ketones is 1. The molecule has 150 valence electrons. The van der Waals surface area contributed by atoms with Gasteiger partial charge in [-0.05, 0) is 51.8 Å². The number of rotatable bonds is 7. The van der Waals surface area contributed by atoms with Gasteiger partial charge in [-0.1, -0.05) is 12.1 Å². The summed E-state index contributed by atoms with van der Waals surface area (Å²) in [5.41, 5.74) is 6.01. The number of halogens is 1. The molecule has 0 aliphatic rings. The highest BCUT2D eigenvalue weighted by Gasteiger charge is 2.37. The van der Waals surface area contributed by atoms with Crippen molar-refractivity contribution in [1.29, 1.82) is 0 Å². The SMILES string of the molecule is COC(=O)[C@H](C(=O)[C@@H](C)NC(=O)OC(C)(C)C)C(N)Cc1ccc(F)cc1. The predicted molar refractivity (Wildman–Crippen MR) is 97.4 cm³/mol. The molecule has 0 spiro atoms. The standard InChI is InChI=1S/C19H27FN2O5/c1-11(22-18(25)27-19(2,3)4)16(23)15(17(24)26-5)14(21)10-12-6-8-13(20)9-7-12/h6-9,11,14-15H,10,21H2,1-5H3,(H,22,25)/t11-,14?,15+/m1/s1. The van der Waals surface area contributed by atoms with E-state index >= 15 is 0 Å². The van der Waals surface area contributed by atoms with E-state index in [0.29, 0.717) is 5.56 Å². The van der Waals surface area contributed by atoms with Crippen molar-refractivity contribution in [1.82, 2.24) is 5.32 Å². The largest absolute Gasteiger partial charge is 0.468 e. The summed E-state index contributed by atoms with van der Waals surface area (Å²) in [5.74, 6) is -3.08. The number of nitrogens with two attached hydrogens (primary N) is 1. The van der Waals surface area contributed by atoms with E-state index in [9.17, 15) is 18.8 Å². The summed E-state index contributed by atoms with van der Waals surface area (Å²) in [6.45, 7) is 6.51. The summed E-state index contributed by atoms with van der Waals surface area (Å²) in [6.07, 6.45) is -0.621. The molecule has 1 amide bonds.